The lowest BCUT2D eigenvalue weighted by Crippen LogP contribution is -2.47. The largest absolute Gasteiger partial charge is 0.496 e. The van der Waals surface area contributed by atoms with E-state index in [1.54, 1.807) is 4.90 Å². The fraction of sp³-hybridized carbons (Fsp3) is 0.650. The van der Waals surface area contributed by atoms with Crippen LogP contribution in [-0.4, -0.2) is 55.0 Å². The molecule has 3 heterocycles. The van der Waals surface area contributed by atoms with E-state index in [1.165, 1.54) is 32.4 Å². The third-order valence-corrected chi connectivity index (χ3v) is 6.32. The molecule has 3 aliphatic heterocycles. The van der Waals surface area contributed by atoms with Gasteiger partial charge in [0.15, 0.2) is 11.6 Å². The first-order chi connectivity index (χ1) is 12.6. The first kappa shape index (κ1) is 17.7. The second kappa shape index (κ2) is 7.14. The number of rotatable bonds is 4. The minimum absolute atomic E-state index is 0.0943. The first-order valence-electron chi connectivity index (χ1n) is 9.62. The molecule has 5 rings (SSSR count). The Morgan fingerprint density at radius 2 is 1.96 bits per heavy atom. The minimum Gasteiger partial charge on any atom is -0.496 e. The summed E-state index contributed by atoms with van der Waals surface area (Å²) in [6, 6.07) is 2.64. The van der Waals surface area contributed by atoms with Crippen LogP contribution >= 0.6 is 0 Å². The van der Waals surface area contributed by atoms with Crippen molar-refractivity contribution in [3.63, 3.8) is 0 Å². The zero-order chi connectivity index (χ0) is 18.3. The summed E-state index contributed by atoms with van der Waals surface area (Å²) >= 11 is 0. The van der Waals surface area contributed by atoms with Gasteiger partial charge in [-0.05, 0) is 49.7 Å². The zero-order valence-corrected chi connectivity index (χ0v) is 15.2. The molecular weight excluding hydrogens is 338 g/mol. The van der Waals surface area contributed by atoms with E-state index in [0.29, 0.717) is 25.0 Å². The van der Waals surface area contributed by atoms with Crippen molar-refractivity contribution in [2.45, 2.75) is 38.1 Å². The summed E-state index contributed by atoms with van der Waals surface area (Å²) in [4.78, 5) is 17.3. The summed E-state index contributed by atoms with van der Waals surface area (Å²) < 4.78 is 33.2. The topological polar surface area (TPSA) is 32.8 Å². The van der Waals surface area contributed by atoms with E-state index in [2.05, 4.69) is 4.90 Å². The lowest BCUT2D eigenvalue weighted by atomic mass is 9.83. The van der Waals surface area contributed by atoms with E-state index in [1.807, 2.05) is 0 Å². The molecule has 2 unspecified atom stereocenters. The van der Waals surface area contributed by atoms with Crippen LogP contribution in [0.4, 0.5) is 8.78 Å². The predicted molar refractivity (Wildman–Crippen MR) is 94.2 cm³/mol. The van der Waals surface area contributed by atoms with E-state index in [-0.39, 0.29) is 11.3 Å². The molecule has 1 aromatic rings. The summed E-state index contributed by atoms with van der Waals surface area (Å²) in [7, 11) is 1.37. The van der Waals surface area contributed by atoms with Crippen LogP contribution in [0.15, 0.2) is 12.1 Å². The summed E-state index contributed by atoms with van der Waals surface area (Å²) in [6.07, 6.45) is 6.11. The van der Waals surface area contributed by atoms with E-state index in [0.717, 1.165) is 37.9 Å². The normalized spacial score (nSPS) is 26.5. The summed E-state index contributed by atoms with van der Waals surface area (Å²) in [5.74, 6) is -1.30. The average molecular weight is 364 g/mol. The Morgan fingerprint density at radius 1 is 1.15 bits per heavy atom. The van der Waals surface area contributed by atoms with Gasteiger partial charge in [0.25, 0.3) is 5.91 Å². The number of hydrogen-bond donors (Lipinski definition) is 0. The zero-order valence-electron chi connectivity index (χ0n) is 15.2. The van der Waals surface area contributed by atoms with Crippen LogP contribution in [-0.2, 0) is 0 Å². The SMILES string of the molecule is COc1ccc(F)c(F)c1C(=O)N1CC2CCC(C1)N(CC1CCC1)C2. The van der Waals surface area contributed by atoms with Gasteiger partial charge < -0.3 is 9.64 Å². The number of amides is 1. The van der Waals surface area contributed by atoms with E-state index in [9.17, 15) is 13.6 Å². The highest BCUT2D eigenvalue weighted by Gasteiger charge is 2.39. The highest BCUT2D eigenvalue weighted by Crippen LogP contribution is 2.34. The Hall–Kier alpha value is -1.69. The minimum atomic E-state index is -1.11. The first-order valence-corrected chi connectivity index (χ1v) is 9.62. The third kappa shape index (κ3) is 3.20. The van der Waals surface area contributed by atoms with Gasteiger partial charge in [-0.3, -0.25) is 9.69 Å². The van der Waals surface area contributed by atoms with Crippen molar-refractivity contribution in [1.29, 1.82) is 0 Å². The maximum Gasteiger partial charge on any atom is 0.260 e. The molecule has 1 amide bonds. The Labute approximate surface area is 153 Å². The Morgan fingerprint density at radius 3 is 2.65 bits per heavy atom. The van der Waals surface area contributed by atoms with Gasteiger partial charge in [-0.25, -0.2) is 8.78 Å². The van der Waals surface area contributed by atoms with E-state index >= 15 is 0 Å². The number of fused-ring (bicyclic) bond motifs is 4. The number of benzene rings is 1. The molecule has 2 bridgehead atoms. The van der Waals surface area contributed by atoms with Crippen molar-refractivity contribution < 1.29 is 18.3 Å². The lowest BCUT2D eigenvalue weighted by molar-refractivity contribution is 0.0708. The Kier molecular flexibility index (Phi) is 4.86. The predicted octanol–water partition coefficient (Wildman–Crippen LogP) is 3.31. The van der Waals surface area contributed by atoms with Gasteiger partial charge in [-0.2, -0.15) is 0 Å². The number of carbonyl (C=O) groups is 1. The Bertz CT molecular complexity index is 693. The second-order valence-corrected chi connectivity index (χ2v) is 8.00. The molecule has 142 valence electrons. The number of piperidine rings is 1. The van der Waals surface area contributed by atoms with Crippen molar-refractivity contribution >= 4 is 5.91 Å². The number of hydrogen-bond acceptors (Lipinski definition) is 3. The van der Waals surface area contributed by atoms with E-state index < -0.39 is 17.5 Å². The van der Waals surface area contributed by atoms with Gasteiger partial charge in [-0.1, -0.05) is 6.42 Å². The highest BCUT2D eigenvalue weighted by molar-refractivity contribution is 5.97. The van der Waals surface area contributed by atoms with Crippen molar-refractivity contribution in [3.05, 3.63) is 29.3 Å². The van der Waals surface area contributed by atoms with Crippen LogP contribution in [0.3, 0.4) is 0 Å². The van der Waals surface area contributed by atoms with Crippen LogP contribution in [0.2, 0.25) is 0 Å². The molecule has 1 saturated carbocycles. The van der Waals surface area contributed by atoms with Crippen molar-refractivity contribution in [2.75, 3.05) is 33.3 Å². The fourth-order valence-electron chi connectivity index (χ4n) is 4.64. The molecule has 6 heteroatoms. The summed E-state index contributed by atoms with van der Waals surface area (Å²) in [6.45, 7) is 3.31. The van der Waals surface area contributed by atoms with Crippen LogP contribution in [0, 0.1) is 23.5 Å². The van der Waals surface area contributed by atoms with Crippen molar-refractivity contribution in [1.82, 2.24) is 9.80 Å². The molecule has 0 aromatic heterocycles. The molecule has 4 nitrogen and oxygen atoms in total. The van der Waals surface area contributed by atoms with Crippen molar-refractivity contribution in [3.8, 4) is 5.75 Å². The molecule has 1 aliphatic carbocycles. The number of nitrogens with zero attached hydrogens (tertiary/aromatic N) is 2. The molecule has 4 aliphatic rings. The van der Waals surface area contributed by atoms with Gasteiger partial charge in [-0.15, -0.1) is 0 Å². The van der Waals surface area contributed by atoms with Gasteiger partial charge >= 0.3 is 0 Å². The smallest absolute Gasteiger partial charge is 0.260 e. The number of methoxy groups -OCH3 is 1. The number of ether oxygens (including phenoxy) is 1. The lowest BCUT2D eigenvalue weighted by Gasteiger charge is -2.40. The highest BCUT2D eigenvalue weighted by atomic mass is 19.2. The maximum atomic E-state index is 14.4. The molecule has 3 saturated heterocycles. The Balaban J connectivity index is 1.55. The molecule has 0 spiro atoms. The van der Waals surface area contributed by atoms with Crippen LogP contribution in [0.25, 0.3) is 0 Å². The molecule has 0 N–H and O–H groups in total. The molecule has 2 atom stereocenters. The van der Waals surface area contributed by atoms with Crippen LogP contribution < -0.4 is 4.74 Å². The monoisotopic (exact) mass is 364 g/mol. The maximum absolute atomic E-state index is 14.4. The van der Waals surface area contributed by atoms with E-state index in [4.69, 9.17) is 4.74 Å². The molecule has 26 heavy (non-hydrogen) atoms. The second-order valence-electron chi connectivity index (χ2n) is 8.00. The molecule has 0 radical (unpaired) electrons. The van der Waals surface area contributed by atoms with Crippen LogP contribution in [0.5, 0.6) is 5.75 Å². The quantitative estimate of drug-likeness (QED) is 0.822. The van der Waals surface area contributed by atoms with Gasteiger partial charge in [0.05, 0.1) is 7.11 Å². The van der Waals surface area contributed by atoms with Gasteiger partial charge in [0.1, 0.15) is 11.3 Å². The average Bonchev–Trinajstić information content (AvgIpc) is 2.91. The summed E-state index contributed by atoms with van der Waals surface area (Å²) in [5.41, 5.74) is -0.278. The molecule has 1 aromatic carbocycles. The van der Waals surface area contributed by atoms with Crippen molar-refractivity contribution in [2.24, 2.45) is 11.8 Å². The number of halogens is 2. The molecular formula is C20H26F2N2O2. The standard InChI is InChI=1S/C20H26F2N2O2/c1-26-17-8-7-16(21)19(22)18(17)20(25)24-11-14-5-6-15(12-24)23(10-14)9-13-3-2-4-13/h7-8,13-15H,2-6,9-12H2,1H3. The van der Waals surface area contributed by atoms with Crippen LogP contribution in [0.1, 0.15) is 42.5 Å². The third-order valence-electron chi connectivity index (χ3n) is 6.32. The molecule has 4 fully saturated rings. The van der Waals surface area contributed by atoms with Gasteiger partial charge in [0.2, 0.25) is 0 Å². The fourth-order valence-corrected chi connectivity index (χ4v) is 4.64. The summed E-state index contributed by atoms with van der Waals surface area (Å²) in [5, 5.41) is 0. The van der Waals surface area contributed by atoms with Gasteiger partial charge in [0, 0.05) is 32.2 Å². The number of carbonyl (C=O) groups excluding carboxylic acids is 1.